The van der Waals surface area contributed by atoms with E-state index in [4.69, 9.17) is 4.74 Å². The van der Waals surface area contributed by atoms with Crippen molar-refractivity contribution in [3.8, 4) is 0 Å². The average molecular weight is 318 g/mol. The number of hydrogen-bond acceptors (Lipinski definition) is 6. The lowest BCUT2D eigenvalue weighted by molar-refractivity contribution is -0.394. The Morgan fingerprint density at radius 2 is 1.57 bits per heavy atom. The number of carbonyl (C=O) groups is 1. The van der Waals surface area contributed by atoms with Crippen LogP contribution in [0.15, 0.2) is 18.2 Å². The van der Waals surface area contributed by atoms with Crippen LogP contribution in [0, 0.1) is 43.9 Å². The summed E-state index contributed by atoms with van der Waals surface area (Å²) in [5, 5.41) is 21.8. The Labute approximate surface area is 130 Å². The maximum atomic E-state index is 12.3. The lowest BCUT2D eigenvalue weighted by Crippen LogP contribution is -2.35. The van der Waals surface area contributed by atoms with Crippen molar-refractivity contribution >= 4 is 17.3 Å². The summed E-state index contributed by atoms with van der Waals surface area (Å²) in [6.45, 7) is 0. The van der Waals surface area contributed by atoms with E-state index in [1.165, 1.54) is 6.42 Å². The molecule has 3 aliphatic carbocycles. The number of nitro groups is 2. The van der Waals surface area contributed by atoms with E-state index in [9.17, 15) is 25.0 Å². The molecule has 8 heteroatoms. The summed E-state index contributed by atoms with van der Waals surface area (Å²) in [5.41, 5.74) is -1.10. The van der Waals surface area contributed by atoms with E-state index >= 15 is 0 Å². The molecule has 5 atom stereocenters. The van der Waals surface area contributed by atoms with Gasteiger partial charge in [0, 0.05) is 12.1 Å². The van der Waals surface area contributed by atoms with Crippen molar-refractivity contribution in [2.24, 2.45) is 23.7 Å². The van der Waals surface area contributed by atoms with Crippen molar-refractivity contribution in [3.05, 3.63) is 44.0 Å². The molecule has 3 aliphatic rings. The Morgan fingerprint density at radius 1 is 0.957 bits per heavy atom. The molecule has 0 bridgehead atoms. The van der Waals surface area contributed by atoms with Gasteiger partial charge in [-0.3, -0.25) is 20.2 Å². The first-order valence-corrected chi connectivity index (χ1v) is 7.60. The van der Waals surface area contributed by atoms with Gasteiger partial charge in [0.2, 0.25) is 0 Å². The van der Waals surface area contributed by atoms with Crippen LogP contribution in [0.4, 0.5) is 11.4 Å². The molecule has 0 aromatic heterocycles. The number of ether oxygens (including phenoxy) is 1. The average Bonchev–Trinajstić information content (AvgIpc) is 3.20. The maximum Gasteiger partial charge on any atom is 0.338 e. The molecule has 0 amide bonds. The topological polar surface area (TPSA) is 113 Å². The third-order valence-electron chi connectivity index (χ3n) is 5.47. The SMILES string of the molecule is O=C(O[C@@H]1C2CCC2C2CC21)c1cc([N+](=O)[O-])cc([N+](=O)[O-])c1. The molecule has 0 aliphatic heterocycles. The Hall–Kier alpha value is -2.51. The highest BCUT2D eigenvalue weighted by Crippen LogP contribution is 2.66. The molecule has 23 heavy (non-hydrogen) atoms. The van der Waals surface area contributed by atoms with E-state index in [-0.39, 0.29) is 11.7 Å². The highest BCUT2D eigenvalue weighted by molar-refractivity contribution is 5.91. The van der Waals surface area contributed by atoms with E-state index in [1.54, 1.807) is 0 Å². The summed E-state index contributed by atoms with van der Waals surface area (Å²) in [4.78, 5) is 32.6. The molecule has 0 saturated heterocycles. The standard InChI is InChI=1S/C15H14N2O6/c18-15(23-14-11-2-1-10(11)12-6-13(12)14)7-3-8(16(19)20)5-9(4-7)17(21)22/h3-5,10-14H,1-2,6H2/t10?,11?,12?,13?,14-/m1/s1. The Morgan fingerprint density at radius 3 is 2.04 bits per heavy atom. The van der Waals surface area contributed by atoms with Crippen LogP contribution < -0.4 is 0 Å². The lowest BCUT2D eigenvalue weighted by atomic mass is 9.72. The van der Waals surface area contributed by atoms with Crippen molar-refractivity contribution in [2.75, 3.05) is 0 Å². The molecule has 0 N–H and O–H groups in total. The fourth-order valence-corrected chi connectivity index (χ4v) is 4.20. The quantitative estimate of drug-likeness (QED) is 0.479. The van der Waals surface area contributed by atoms with Crippen molar-refractivity contribution < 1.29 is 19.4 Å². The van der Waals surface area contributed by atoms with Crippen LogP contribution in [0.3, 0.4) is 0 Å². The van der Waals surface area contributed by atoms with Crippen molar-refractivity contribution in [2.45, 2.75) is 25.4 Å². The molecule has 0 spiro atoms. The van der Waals surface area contributed by atoms with Crippen LogP contribution in [0.2, 0.25) is 0 Å². The van der Waals surface area contributed by atoms with Gasteiger partial charge in [-0.25, -0.2) is 4.79 Å². The summed E-state index contributed by atoms with van der Waals surface area (Å²) in [6.07, 6.45) is 3.17. The van der Waals surface area contributed by atoms with Gasteiger partial charge in [-0.1, -0.05) is 0 Å². The zero-order chi connectivity index (χ0) is 16.3. The first-order chi connectivity index (χ1) is 11.0. The van der Waals surface area contributed by atoms with Gasteiger partial charge in [-0.15, -0.1) is 0 Å². The number of benzene rings is 1. The van der Waals surface area contributed by atoms with Gasteiger partial charge in [0.15, 0.2) is 0 Å². The fraction of sp³-hybridized carbons (Fsp3) is 0.533. The summed E-state index contributed by atoms with van der Waals surface area (Å²) in [5.74, 6) is 1.41. The second kappa shape index (κ2) is 4.74. The molecule has 3 saturated carbocycles. The maximum absolute atomic E-state index is 12.3. The largest absolute Gasteiger partial charge is 0.458 e. The van der Waals surface area contributed by atoms with Gasteiger partial charge in [0.1, 0.15) is 6.10 Å². The van der Waals surface area contributed by atoms with Crippen LogP contribution in [-0.4, -0.2) is 21.9 Å². The minimum Gasteiger partial charge on any atom is -0.458 e. The first-order valence-electron chi connectivity index (χ1n) is 7.60. The molecular formula is C15H14N2O6. The zero-order valence-electron chi connectivity index (χ0n) is 12.1. The summed E-state index contributed by atoms with van der Waals surface area (Å²) in [6, 6.07) is 2.91. The molecule has 0 radical (unpaired) electrons. The van der Waals surface area contributed by atoms with Crippen LogP contribution in [-0.2, 0) is 4.74 Å². The Balaban J connectivity index is 1.58. The molecule has 3 fully saturated rings. The smallest absolute Gasteiger partial charge is 0.338 e. The molecule has 120 valence electrons. The monoisotopic (exact) mass is 318 g/mol. The predicted molar refractivity (Wildman–Crippen MR) is 76.8 cm³/mol. The van der Waals surface area contributed by atoms with Gasteiger partial charge >= 0.3 is 5.97 Å². The van der Waals surface area contributed by atoms with Crippen LogP contribution in [0.25, 0.3) is 0 Å². The fourth-order valence-electron chi connectivity index (χ4n) is 4.20. The van der Waals surface area contributed by atoms with Crippen LogP contribution in [0.5, 0.6) is 0 Å². The van der Waals surface area contributed by atoms with E-state index in [0.717, 1.165) is 31.0 Å². The molecule has 8 nitrogen and oxygen atoms in total. The number of rotatable bonds is 4. The van der Waals surface area contributed by atoms with Crippen molar-refractivity contribution in [1.29, 1.82) is 0 Å². The zero-order valence-corrected chi connectivity index (χ0v) is 12.1. The number of fused-ring (bicyclic) bond motifs is 3. The lowest BCUT2D eigenvalue weighted by Gasteiger charge is -2.36. The number of esters is 1. The summed E-state index contributed by atoms with van der Waals surface area (Å²) >= 11 is 0. The molecule has 1 aromatic rings. The van der Waals surface area contributed by atoms with E-state index in [1.807, 2.05) is 0 Å². The van der Waals surface area contributed by atoms with Gasteiger partial charge in [-0.05, 0) is 42.9 Å². The number of nitro benzene ring substituents is 2. The van der Waals surface area contributed by atoms with Gasteiger partial charge in [0.05, 0.1) is 21.5 Å². The van der Waals surface area contributed by atoms with Crippen molar-refractivity contribution in [3.63, 3.8) is 0 Å². The molecule has 0 heterocycles. The number of hydrogen-bond donors (Lipinski definition) is 0. The van der Waals surface area contributed by atoms with Crippen LogP contribution >= 0.6 is 0 Å². The molecule has 4 unspecified atom stereocenters. The van der Waals surface area contributed by atoms with Gasteiger partial charge in [0.25, 0.3) is 11.4 Å². The van der Waals surface area contributed by atoms with E-state index < -0.39 is 27.2 Å². The van der Waals surface area contributed by atoms with E-state index in [0.29, 0.717) is 23.7 Å². The predicted octanol–water partition coefficient (Wildman–Crippen LogP) is 2.70. The highest BCUT2D eigenvalue weighted by atomic mass is 16.6. The third kappa shape index (κ3) is 2.16. The summed E-state index contributed by atoms with van der Waals surface area (Å²) in [7, 11) is 0. The highest BCUT2D eigenvalue weighted by Gasteiger charge is 2.64. The van der Waals surface area contributed by atoms with Gasteiger partial charge in [-0.2, -0.15) is 0 Å². The normalized spacial score (nSPS) is 33.1. The number of carbonyl (C=O) groups excluding carboxylic acids is 1. The first kappa shape index (κ1) is 14.1. The molecule has 1 aromatic carbocycles. The van der Waals surface area contributed by atoms with Gasteiger partial charge < -0.3 is 4.74 Å². The third-order valence-corrected chi connectivity index (χ3v) is 5.47. The number of nitrogens with zero attached hydrogens (tertiary/aromatic N) is 2. The van der Waals surface area contributed by atoms with Crippen LogP contribution in [0.1, 0.15) is 29.6 Å². The second-order valence-electron chi connectivity index (χ2n) is 6.59. The minimum atomic E-state index is -0.752. The number of non-ortho nitro benzene ring substituents is 2. The van der Waals surface area contributed by atoms with E-state index in [2.05, 4.69) is 0 Å². The second-order valence-corrected chi connectivity index (χ2v) is 6.59. The Bertz CT molecular complexity index is 700. The Kier molecular flexibility index (Phi) is 2.91. The minimum absolute atomic E-state index is 0.133. The molecule has 4 rings (SSSR count). The van der Waals surface area contributed by atoms with Crippen molar-refractivity contribution in [1.82, 2.24) is 0 Å². The molecular weight excluding hydrogens is 304 g/mol. The summed E-state index contributed by atoms with van der Waals surface area (Å²) < 4.78 is 5.57.